The van der Waals surface area contributed by atoms with Gasteiger partial charge in [-0.3, -0.25) is 4.90 Å². The Hall–Kier alpha value is -0.900. The zero-order valence-corrected chi connectivity index (χ0v) is 11.7. The molecular weight excluding hydrogens is 226 g/mol. The summed E-state index contributed by atoms with van der Waals surface area (Å²) in [5, 5.41) is 10.2. The van der Waals surface area contributed by atoms with Gasteiger partial charge in [0.15, 0.2) is 0 Å². The fourth-order valence-electron chi connectivity index (χ4n) is 1.86. The highest BCUT2D eigenvalue weighted by Crippen LogP contribution is 2.14. The predicted octanol–water partition coefficient (Wildman–Crippen LogP) is 2.39. The number of nitrogens with zero attached hydrogens (tertiary/aromatic N) is 1. The summed E-state index contributed by atoms with van der Waals surface area (Å²) in [4.78, 5) is 2.21. The number of likely N-dealkylation sites (N-methyl/N-ethyl adjacent to an activating group) is 1. The maximum atomic E-state index is 10.2. The predicted molar refractivity (Wildman–Crippen MR) is 74.7 cm³/mol. The van der Waals surface area contributed by atoms with Crippen molar-refractivity contribution in [2.24, 2.45) is 0 Å². The lowest BCUT2D eigenvalue weighted by atomic mass is 10.1. The average molecular weight is 251 g/mol. The second kappa shape index (κ2) is 8.25. The summed E-state index contributed by atoms with van der Waals surface area (Å²) in [7, 11) is 0. The van der Waals surface area contributed by atoms with Crippen molar-refractivity contribution in [1.29, 1.82) is 0 Å². The van der Waals surface area contributed by atoms with Gasteiger partial charge in [0.2, 0.25) is 0 Å². The van der Waals surface area contributed by atoms with Crippen LogP contribution in [-0.2, 0) is 4.74 Å². The van der Waals surface area contributed by atoms with E-state index in [2.05, 4.69) is 18.7 Å². The standard InChI is InChI=1S/C15H25NO2/c1-4-16(10-11-18-5-2)12-15(17)14-8-6-13(3)7-9-14/h6-9,15,17H,4-5,10-12H2,1-3H3. The smallest absolute Gasteiger partial charge is 0.0916 e. The first kappa shape index (κ1) is 15.2. The van der Waals surface area contributed by atoms with E-state index < -0.39 is 6.10 Å². The van der Waals surface area contributed by atoms with E-state index in [0.29, 0.717) is 6.54 Å². The highest BCUT2D eigenvalue weighted by atomic mass is 16.5. The van der Waals surface area contributed by atoms with E-state index in [0.717, 1.165) is 31.9 Å². The molecule has 0 aromatic heterocycles. The third-order valence-corrected chi connectivity index (χ3v) is 3.10. The summed E-state index contributed by atoms with van der Waals surface area (Å²) in [6, 6.07) is 8.07. The van der Waals surface area contributed by atoms with Gasteiger partial charge in [-0.15, -0.1) is 0 Å². The Labute approximate surface area is 110 Å². The van der Waals surface area contributed by atoms with Crippen LogP contribution in [-0.4, -0.2) is 42.9 Å². The lowest BCUT2D eigenvalue weighted by molar-refractivity contribution is 0.0792. The van der Waals surface area contributed by atoms with Crippen LogP contribution in [0.2, 0.25) is 0 Å². The third kappa shape index (κ3) is 5.17. The second-order valence-electron chi connectivity index (χ2n) is 4.52. The first-order chi connectivity index (χ1) is 8.67. The highest BCUT2D eigenvalue weighted by Gasteiger charge is 2.11. The van der Waals surface area contributed by atoms with Gasteiger partial charge in [-0.1, -0.05) is 36.8 Å². The molecule has 0 fully saturated rings. The minimum Gasteiger partial charge on any atom is -0.387 e. The number of hydrogen-bond donors (Lipinski definition) is 1. The Balaban J connectivity index is 2.45. The molecule has 0 saturated carbocycles. The summed E-state index contributed by atoms with van der Waals surface area (Å²) >= 11 is 0. The molecule has 3 heteroatoms. The molecule has 3 nitrogen and oxygen atoms in total. The van der Waals surface area contributed by atoms with E-state index >= 15 is 0 Å². The van der Waals surface area contributed by atoms with Crippen molar-refractivity contribution in [1.82, 2.24) is 4.90 Å². The van der Waals surface area contributed by atoms with Crippen LogP contribution < -0.4 is 0 Å². The van der Waals surface area contributed by atoms with Crippen molar-refractivity contribution in [2.45, 2.75) is 26.9 Å². The maximum absolute atomic E-state index is 10.2. The molecule has 0 aliphatic carbocycles. The zero-order chi connectivity index (χ0) is 13.4. The molecule has 0 heterocycles. The molecule has 0 radical (unpaired) electrons. The average Bonchev–Trinajstić information content (AvgIpc) is 2.38. The molecule has 102 valence electrons. The molecular formula is C15H25NO2. The number of aryl methyl sites for hydroxylation is 1. The highest BCUT2D eigenvalue weighted by molar-refractivity contribution is 5.23. The van der Waals surface area contributed by atoms with Crippen LogP contribution in [0, 0.1) is 6.92 Å². The van der Waals surface area contributed by atoms with Crippen molar-refractivity contribution in [3.63, 3.8) is 0 Å². The van der Waals surface area contributed by atoms with Crippen molar-refractivity contribution in [3.8, 4) is 0 Å². The van der Waals surface area contributed by atoms with Gasteiger partial charge in [0.1, 0.15) is 0 Å². The van der Waals surface area contributed by atoms with Crippen molar-refractivity contribution >= 4 is 0 Å². The fourth-order valence-corrected chi connectivity index (χ4v) is 1.86. The molecule has 1 unspecified atom stereocenters. The van der Waals surface area contributed by atoms with Crippen molar-refractivity contribution < 1.29 is 9.84 Å². The largest absolute Gasteiger partial charge is 0.387 e. The Bertz CT molecular complexity index is 324. The van der Waals surface area contributed by atoms with Gasteiger partial charge in [-0.25, -0.2) is 0 Å². The van der Waals surface area contributed by atoms with E-state index in [9.17, 15) is 5.11 Å². The van der Waals surface area contributed by atoms with Crippen molar-refractivity contribution in [2.75, 3.05) is 32.8 Å². The third-order valence-electron chi connectivity index (χ3n) is 3.10. The number of hydrogen-bond acceptors (Lipinski definition) is 3. The summed E-state index contributed by atoms with van der Waals surface area (Å²) < 4.78 is 5.35. The van der Waals surface area contributed by atoms with E-state index in [4.69, 9.17) is 4.74 Å². The molecule has 1 N–H and O–H groups in total. The van der Waals surface area contributed by atoms with E-state index in [-0.39, 0.29) is 0 Å². The maximum Gasteiger partial charge on any atom is 0.0916 e. The van der Waals surface area contributed by atoms with Crippen LogP contribution in [0.4, 0.5) is 0 Å². The van der Waals surface area contributed by atoms with Crippen LogP contribution in [0.3, 0.4) is 0 Å². The second-order valence-corrected chi connectivity index (χ2v) is 4.52. The van der Waals surface area contributed by atoms with Crippen LogP contribution in [0.25, 0.3) is 0 Å². The molecule has 0 bridgehead atoms. The van der Waals surface area contributed by atoms with Gasteiger partial charge < -0.3 is 9.84 Å². The van der Waals surface area contributed by atoms with Crippen LogP contribution in [0.1, 0.15) is 31.1 Å². The number of ether oxygens (including phenoxy) is 1. The quantitative estimate of drug-likeness (QED) is 0.720. The molecule has 0 aliphatic rings. The van der Waals surface area contributed by atoms with Gasteiger partial charge in [0, 0.05) is 19.7 Å². The van der Waals surface area contributed by atoms with Crippen LogP contribution >= 0.6 is 0 Å². The zero-order valence-electron chi connectivity index (χ0n) is 11.7. The number of rotatable bonds is 8. The summed E-state index contributed by atoms with van der Waals surface area (Å²) in [6.45, 7) is 10.1. The Kier molecular flexibility index (Phi) is 6.94. The summed E-state index contributed by atoms with van der Waals surface area (Å²) in [6.07, 6.45) is -0.424. The lowest BCUT2D eigenvalue weighted by Gasteiger charge is -2.23. The normalized spacial score (nSPS) is 12.9. The molecule has 0 saturated heterocycles. The van der Waals surface area contributed by atoms with Gasteiger partial charge in [0.05, 0.1) is 12.7 Å². The van der Waals surface area contributed by atoms with Crippen LogP contribution in [0.5, 0.6) is 0 Å². The van der Waals surface area contributed by atoms with Gasteiger partial charge in [0.25, 0.3) is 0 Å². The molecule has 1 aromatic rings. The molecule has 1 aromatic carbocycles. The lowest BCUT2D eigenvalue weighted by Crippen LogP contribution is -2.31. The minimum atomic E-state index is -0.424. The molecule has 1 rings (SSSR count). The number of aliphatic hydroxyl groups is 1. The Morgan fingerprint density at radius 1 is 1.22 bits per heavy atom. The number of benzene rings is 1. The number of aliphatic hydroxyl groups excluding tert-OH is 1. The molecule has 0 spiro atoms. The van der Waals surface area contributed by atoms with E-state index in [1.54, 1.807) is 0 Å². The van der Waals surface area contributed by atoms with Gasteiger partial charge in [-0.2, -0.15) is 0 Å². The molecule has 0 amide bonds. The summed E-state index contributed by atoms with van der Waals surface area (Å²) in [5.41, 5.74) is 2.20. The van der Waals surface area contributed by atoms with Gasteiger partial charge in [-0.05, 0) is 26.0 Å². The molecule has 0 aliphatic heterocycles. The van der Waals surface area contributed by atoms with Gasteiger partial charge >= 0.3 is 0 Å². The monoisotopic (exact) mass is 251 g/mol. The van der Waals surface area contributed by atoms with E-state index in [1.807, 2.05) is 31.2 Å². The van der Waals surface area contributed by atoms with E-state index in [1.165, 1.54) is 5.56 Å². The SMILES string of the molecule is CCOCCN(CC)CC(O)c1ccc(C)cc1. The first-order valence-electron chi connectivity index (χ1n) is 6.72. The first-order valence-corrected chi connectivity index (χ1v) is 6.72. The topological polar surface area (TPSA) is 32.7 Å². The fraction of sp³-hybridized carbons (Fsp3) is 0.600. The Morgan fingerprint density at radius 2 is 1.89 bits per heavy atom. The Morgan fingerprint density at radius 3 is 2.44 bits per heavy atom. The minimum absolute atomic E-state index is 0.424. The molecule has 1 atom stereocenters. The van der Waals surface area contributed by atoms with Crippen molar-refractivity contribution in [3.05, 3.63) is 35.4 Å². The summed E-state index contributed by atoms with van der Waals surface area (Å²) in [5.74, 6) is 0. The molecule has 18 heavy (non-hydrogen) atoms. The van der Waals surface area contributed by atoms with Crippen LogP contribution in [0.15, 0.2) is 24.3 Å².